The summed E-state index contributed by atoms with van der Waals surface area (Å²) in [6.07, 6.45) is -0.423. The number of nitrogens with one attached hydrogen (secondary N) is 1. The van der Waals surface area contributed by atoms with Gasteiger partial charge >= 0.3 is 0 Å². The third kappa shape index (κ3) is 4.20. The molecule has 0 spiro atoms. The van der Waals surface area contributed by atoms with Crippen LogP contribution in [-0.2, 0) is 4.74 Å². The Morgan fingerprint density at radius 1 is 1.32 bits per heavy atom. The zero-order valence-corrected chi connectivity index (χ0v) is 11.8. The molecule has 0 saturated carbocycles. The third-order valence-electron chi connectivity index (χ3n) is 3.71. The fraction of sp³-hybridized carbons (Fsp3) is 0.600. The Bertz CT molecular complexity index is 402. The molecule has 1 saturated heterocycles. The van der Waals surface area contributed by atoms with Crippen LogP contribution in [0.25, 0.3) is 0 Å². The normalized spacial score (nSPS) is 18.3. The summed E-state index contributed by atoms with van der Waals surface area (Å²) in [6, 6.07) is 6.00. The maximum absolute atomic E-state index is 10.0. The van der Waals surface area contributed by atoms with E-state index in [2.05, 4.69) is 13.0 Å². The van der Waals surface area contributed by atoms with Crippen molar-refractivity contribution in [2.75, 3.05) is 39.5 Å². The first-order chi connectivity index (χ1) is 9.16. The Kier molecular flexibility index (Phi) is 5.19. The molecule has 1 atom stereocenters. The minimum absolute atomic E-state index is 0.356. The van der Waals surface area contributed by atoms with Crippen molar-refractivity contribution in [3.8, 4) is 5.75 Å². The van der Waals surface area contributed by atoms with Crippen LogP contribution in [0.4, 0.5) is 0 Å². The Morgan fingerprint density at radius 2 is 2.05 bits per heavy atom. The molecule has 0 aromatic heterocycles. The van der Waals surface area contributed by atoms with Crippen molar-refractivity contribution < 1.29 is 19.5 Å². The topological polar surface area (TPSA) is 43.1 Å². The van der Waals surface area contributed by atoms with E-state index in [4.69, 9.17) is 9.47 Å². The van der Waals surface area contributed by atoms with Crippen LogP contribution in [0, 0.1) is 13.8 Å². The number of hydrogen-bond donors (Lipinski definition) is 2. The summed E-state index contributed by atoms with van der Waals surface area (Å²) in [6.45, 7) is 8.73. The Morgan fingerprint density at radius 3 is 2.79 bits per heavy atom. The SMILES string of the molecule is Cc1cccc(OC[C@H](O)C[NH+]2CCOCC2)c1C. The number of rotatable bonds is 5. The molecule has 1 fully saturated rings. The molecule has 4 heteroatoms. The number of benzene rings is 1. The molecule has 1 aromatic rings. The minimum Gasteiger partial charge on any atom is -0.490 e. The van der Waals surface area contributed by atoms with Crippen LogP contribution < -0.4 is 9.64 Å². The lowest BCUT2D eigenvalue weighted by atomic mass is 10.1. The lowest BCUT2D eigenvalue weighted by molar-refractivity contribution is -0.911. The first-order valence-corrected chi connectivity index (χ1v) is 6.95. The minimum atomic E-state index is -0.423. The number of morpholine rings is 1. The van der Waals surface area contributed by atoms with E-state index in [1.165, 1.54) is 10.5 Å². The summed E-state index contributed by atoms with van der Waals surface area (Å²) in [5.74, 6) is 0.871. The van der Waals surface area contributed by atoms with Crippen LogP contribution in [0.3, 0.4) is 0 Å². The van der Waals surface area contributed by atoms with E-state index < -0.39 is 6.10 Å². The highest BCUT2D eigenvalue weighted by Gasteiger charge is 2.18. The quantitative estimate of drug-likeness (QED) is 0.786. The van der Waals surface area contributed by atoms with Crippen molar-refractivity contribution in [2.45, 2.75) is 20.0 Å². The number of aliphatic hydroxyl groups excluding tert-OH is 1. The van der Waals surface area contributed by atoms with Gasteiger partial charge in [-0.1, -0.05) is 12.1 Å². The van der Waals surface area contributed by atoms with Crippen molar-refractivity contribution in [1.82, 2.24) is 0 Å². The summed E-state index contributed by atoms with van der Waals surface area (Å²) in [5.41, 5.74) is 2.36. The molecule has 1 aromatic carbocycles. The summed E-state index contributed by atoms with van der Waals surface area (Å²) in [4.78, 5) is 1.39. The Balaban J connectivity index is 1.79. The van der Waals surface area contributed by atoms with Crippen LogP contribution >= 0.6 is 0 Å². The van der Waals surface area contributed by atoms with Gasteiger partial charge in [0.25, 0.3) is 0 Å². The molecule has 1 aliphatic heterocycles. The van der Waals surface area contributed by atoms with E-state index in [0.29, 0.717) is 6.61 Å². The van der Waals surface area contributed by atoms with E-state index in [9.17, 15) is 5.11 Å². The lowest BCUT2D eigenvalue weighted by Gasteiger charge is -2.25. The molecule has 19 heavy (non-hydrogen) atoms. The molecule has 0 radical (unpaired) electrons. The first-order valence-electron chi connectivity index (χ1n) is 6.95. The van der Waals surface area contributed by atoms with Gasteiger partial charge in [0.1, 0.15) is 38.1 Å². The molecule has 2 rings (SSSR count). The van der Waals surface area contributed by atoms with Crippen molar-refractivity contribution in [2.24, 2.45) is 0 Å². The highest BCUT2D eigenvalue weighted by Crippen LogP contribution is 2.20. The monoisotopic (exact) mass is 266 g/mol. The van der Waals surface area contributed by atoms with Crippen LogP contribution in [0.2, 0.25) is 0 Å². The number of aliphatic hydroxyl groups is 1. The summed E-state index contributed by atoms with van der Waals surface area (Å²) < 4.78 is 11.0. The number of ether oxygens (including phenoxy) is 2. The molecule has 0 unspecified atom stereocenters. The van der Waals surface area contributed by atoms with E-state index in [0.717, 1.165) is 44.2 Å². The van der Waals surface area contributed by atoms with Gasteiger partial charge in [-0.2, -0.15) is 0 Å². The zero-order valence-electron chi connectivity index (χ0n) is 11.8. The smallest absolute Gasteiger partial charge is 0.137 e. The van der Waals surface area contributed by atoms with Crippen molar-refractivity contribution in [3.63, 3.8) is 0 Å². The van der Waals surface area contributed by atoms with Crippen LogP contribution in [0.15, 0.2) is 18.2 Å². The molecule has 2 N–H and O–H groups in total. The molecule has 1 aliphatic rings. The van der Waals surface area contributed by atoms with Crippen LogP contribution in [0.1, 0.15) is 11.1 Å². The largest absolute Gasteiger partial charge is 0.490 e. The molecule has 0 amide bonds. The molecule has 4 nitrogen and oxygen atoms in total. The maximum atomic E-state index is 10.0. The fourth-order valence-corrected chi connectivity index (χ4v) is 2.32. The highest BCUT2D eigenvalue weighted by molar-refractivity contribution is 5.38. The summed E-state index contributed by atoms with van der Waals surface area (Å²) in [5, 5.41) is 10.0. The predicted octanol–water partition coefficient (Wildman–Crippen LogP) is -0.0418. The molecular weight excluding hydrogens is 242 g/mol. The van der Waals surface area contributed by atoms with Gasteiger partial charge in [0, 0.05) is 0 Å². The van der Waals surface area contributed by atoms with Crippen molar-refractivity contribution >= 4 is 0 Å². The van der Waals surface area contributed by atoms with Gasteiger partial charge < -0.3 is 19.5 Å². The number of hydrogen-bond acceptors (Lipinski definition) is 3. The van der Waals surface area contributed by atoms with Gasteiger partial charge in [-0.25, -0.2) is 0 Å². The van der Waals surface area contributed by atoms with Gasteiger partial charge in [0.2, 0.25) is 0 Å². The average Bonchev–Trinajstić information content (AvgIpc) is 2.42. The van der Waals surface area contributed by atoms with Crippen molar-refractivity contribution in [3.05, 3.63) is 29.3 Å². The number of quaternary nitrogens is 1. The van der Waals surface area contributed by atoms with Crippen LogP contribution in [0.5, 0.6) is 5.75 Å². The third-order valence-corrected chi connectivity index (χ3v) is 3.71. The van der Waals surface area contributed by atoms with Crippen LogP contribution in [-0.4, -0.2) is 50.7 Å². The zero-order chi connectivity index (χ0) is 13.7. The fourth-order valence-electron chi connectivity index (χ4n) is 2.32. The van der Waals surface area contributed by atoms with E-state index in [1.54, 1.807) is 0 Å². The molecule has 106 valence electrons. The highest BCUT2D eigenvalue weighted by atomic mass is 16.5. The molecule has 0 aliphatic carbocycles. The van der Waals surface area contributed by atoms with Gasteiger partial charge in [-0.15, -0.1) is 0 Å². The molecule has 0 bridgehead atoms. The average molecular weight is 266 g/mol. The standard InChI is InChI=1S/C15H23NO3/c1-12-4-3-5-15(13(12)2)19-11-14(17)10-16-6-8-18-9-7-16/h3-5,14,17H,6-11H2,1-2H3/p+1/t14-/m1/s1. The van der Waals surface area contributed by atoms with Gasteiger partial charge in [0.05, 0.1) is 13.2 Å². The lowest BCUT2D eigenvalue weighted by Crippen LogP contribution is -3.15. The van der Waals surface area contributed by atoms with Gasteiger partial charge in [-0.3, -0.25) is 0 Å². The molecule has 1 heterocycles. The molecular formula is C15H24NO3+. The maximum Gasteiger partial charge on any atom is 0.137 e. The second-order valence-electron chi connectivity index (χ2n) is 5.23. The van der Waals surface area contributed by atoms with E-state index in [-0.39, 0.29) is 0 Å². The van der Waals surface area contributed by atoms with Crippen molar-refractivity contribution in [1.29, 1.82) is 0 Å². The second-order valence-corrected chi connectivity index (χ2v) is 5.23. The van der Waals surface area contributed by atoms with Gasteiger partial charge in [-0.05, 0) is 31.0 Å². The van der Waals surface area contributed by atoms with Gasteiger partial charge in [0.15, 0.2) is 0 Å². The second kappa shape index (κ2) is 6.89. The first kappa shape index (κ1) is 14.3. The Labute approximate surface area is 114 Å². The summed E-state index contributed by atoms with van der Waals surface area (Å²) >= 11 is 0. The predicted molar refractivity (Wildman–Crippen MR) is 73.8 cm³/mol. The van der Waals surface area contributed by atoms with E-state index in [1.807, 2.05) is 19.1 Å². The number of aryl methyl sites for hydroxylation is 1. The Hall–Kier alpha value is -1.10. The van der Waals surface area contributed by atoms with E-state index >= 15 is 0 Å². The summed E-state index contributed by atoms with van der Waals surface area (Å²) in [7, 11) is 0.